The highest BCUT2D eigenvalue weighted by atomic mass is 79.9. The number of hydrogen-bond acceptors (Lipinski definition) is 11. The Hall–Kier alpha value is -8.08. The summed E-state index contributed by atoms with van der Waals surface area (Å²) >= 11 is 3.54. The highest BCUT2D eigenvalue weighted by molar-refractivity contribution is 9.10. The van der Waals surface area contributed by atoms with Crippen LogP contribution in [0, 0.1) is 17.8 Å². The Kier molecular flexibility index (Phi) is 25.0. The topological polar surface area (TPSA) is 145 Å². The molecule has 0 radical (unpaired) electrons. The largest absolute Gasteiger partial charge is 0.497 e. The summed E-state index contributed by atoms with van der Waals surface area (Å²) < 4.78 is 18.4. The molecule has 3 fully saturated rings. The van der Waals surface area contributed by atoms with Crippen LogP contribution in [0.1, 0.15) is 160 Å². The predicted molar refractivity (Wildman–Crippen MR) is 384 cm³/mol. The van der Waals surface area contributed by atoms with Gasteiger partial charge in [0.25, 0.3) is 0 Å². The minimum atomic E-state index is 0.0714. The van der Waals surface area contributed by atoms with Crippen LogP contribution >= 0.6 is 15.9 Å². The summed E-state index contributed by atoms with van der Waals surface area (Å²) in [4.78, 5) is 82.4. The molecule has 0 N–H and O–H groups in total. The lowest BCUT2D eigenvalue weighted by molar-refractivity contribution is 0.0832. The van der Waals surface area contributed by atoms with E-state index in [1.165, 1.54) is 0 Å². The zero-order chi connectivity index (χ0) is 66.8. The van der Waals surface area contributed by atoms with E-state index in [1.54, 1.807) is 28.1 Å². The van der Waals surface area contributed by atoms with Crippen molar-refractivity contribution in [2.45, 2.75) is 117 Å². The summed E-state index contributed by atoms with van der Waals surface area (Å²) in [7, 11) is 3.30. The number of methoxy groups -OCH3 is 2. The van der Waals surface area contributed by atoms with E-state index in [2.05, 4.69) is 63.4 Å². The minimum Gasteiger partial charge on any atom is -0.497 e. The van der Waals surface area contributed by atoms with Crippen molar-refractivity contribution in [3.63, 3.8) is 0 Å². The van der Waals surface area contributed by atoms with Crippen LogP contribution in [-0.2, 0) is 19.6 Å². The molecule has 95 heavy (non-hydrogen) atoms. The van der Waals surface area contributed by atoms with Gasteiger partial charge in [-0.1, -0.05) is 126 Å². The van der Waals surface area contributed by atoms with Crippen molar-refractivity contribution >= 4 is 83.3 Å². The molecule has 6 heterocycles. The van der Waals surface area contributed by atoms with Crippen LogP contribution in [0.25, 0.3) is 32.7 Å². The first-order chi connectivity index (χ1) is 46.2. The SMILES string of the molecule is CC(=O)c1cn(CCCN2CCC(C(=O)c3ccccc3)CC2)c2cc(Br)ccc12.CCCCC(=O)c1cn(CCCN2CCC(C(=O)c3ccccc3)CC2)c2ccc(OC)cc12.COc1ccc2c(c1)c(C(C)=O)cn2CCCN1CCC(C(=O)c2ccccc2)CC1. The van der Waals surface area contributed by atoms with E-state index in [0.717, 1.165) is 231 Å². The second-order valence-electron chi connectivity index (χ2n) is 25.9. The van der Waals surface area contributed by atoms with Gasteiger partial charge in [-0.15, -0.1) is 0 Å². The number of nitrogens with zero attached hydrogens (tertiary/aromatic N) is 6. The molecule has 3 aliphatic heterocycles. The second kappa shape index (κ2) is 34.0. The van der Waals surface area contributed by atoms with Crippen molar-refractivity contribution < 1.29 is 38.2 Å². The maximum absolute atomic E-state index is 12.9. The molecule has 0 saturated carbocycles. The molecule has 0 atom stereocenters. The van der Waals surface area contributed by atoms with Gasteiger partial charge in [0.05, 0.1) is 14.2 Å². The van der Waals surface area contributed by atoms with Gasteiger partial charge >= 0.3 is 0 Å². The van der Waals surface area contributed by atoms with Gasteiger partial charge in [-0.3, -0.25) is 28.8 Å². The Labute approximate surface area is 568 Å². The van der Waals surface area contributed by atoms with Gasteiger partial charge in [-0.05, 0) is 185 Å². The zero-order valence-corrected chi connectivity index (χ0v) is 57.7. The molecule has 9 aromatic rings. The summed E-state index contributed by atoms with van der Waals surface area (Å²) in [5.74, 6) is 3.21. The van der Waals surface area contributed by atoms with E-state index in [1.807, 2.05) is 152 Å². The third kappa shape index (κ3) is 18.1. The number of fused-ring (bicyclic) bond motifs is 3. The maximum Gasteiger partial charge on any atom is 0.166 e. The number of ether oxygens (including phenoxy) is 2. The fourth-order valence-corrected chi connectivity index (χ4v) is 14.4. The van der Waals surface area contributed by atoms with Crippen LogP contribution < -0.4 is 9.47 Å². The number of piperidine rings is 3. The van der Waals surface area contributed by atoms with Crippen molar-refractivity contribution in [3.05, 3.63) is 202 Å². The van der Waals surface area contributed by atoms with Crippen LogP contribution in [-0.4, -0.2) is 136 Å². The van der Waals surface area contributed by atoms with E-state index in [9.17, 15) is 28.8 Å². The monoisotopic (exact) mass is 1340 g/mol. The first kappa shape index (κ1) is 69.7. The van der Waals surface area contributed by atoms with Gasteiger partial charge in [0.15, 0.2) is 34.7 Å². The summed E-state index contributed by atoms with van der Waals surface area (Å²) in [5, 5.41) is 2.96. The van der Waals surface area contributed by atoms with Crippen LogP contribution in [0.2, 0.25) is 0 Å². The molecule has 3 aliphatic rings. The lowest BCUT2D eigenvalue weighted by Crippen LogP contribution is -2.37. The number of likely N-dealkylation sites (tertiary alicyclic amines) is 3. The van der Waals surface area contributed by atoms with Crippen LogP contribution in [0.3, 0.4) is 0 Å². The van der Waals surface area contributed by atoms with Crippen molar-refractivity contribution in [2.75, 3.05) is 73.1 Å². The summed E-state index contributed by atoms with van der Waals surface area (Å²) in [6, 6.07) is 47.0. The molecule has 3 saturated heterocycles. The van der Waals surface area contributed by atoms with Crippen molar-refractivity contribution in [1.82, 2.24) is 28.4 Å². The van der Waals surface area contributed by atoms with Crippen LogP contribution in [0.4, 0.5) is 0 Å². The lowest BCUT2D eigenvalue weighted by Gasteiger charge is -2.31. The molecular formula is C80H93BrN6O8. The van der Waals surface area contributed by atoms with Crippen molar-refractivity contribution in [1.29, 1.82) is 0 Å². The molecule has 0 amide bonds. The smallest absolute Gasteiger partial charge is 0.166 e. The van der Waals surface area contributed by atoms with Gasteiger partial charge in [-0.25, -0.2) is 0 Å². The summed E-state index contributed by atoms with van der Waals surface area (Å²) in [6.45, 7) is 16.8. The molecule has 0 aliphatic carbocycles. The third-order valence-corrected chi connectivity index (χ3v) is 20.0. The summed E-state index contributed by atoms with van der Waals surface area (Å²) in [5.41, 5.74) is 8.10. The second-order valence-corrected chi connectivity index (χ2v) is 26.8. The molecular weight excluding hydrogens is 1250 g/mol. The maximum atomic E-state index is 12.9. The first-order valence-electron chi connectivity index (χ1n) is 34.3. The number of carbonyl (C=O) groups is 6. The van der Waals surface area contributed by atoms with Gasteiger partial charge in [0, 0.05) is 133 Å². The molecule has 0 spiro atoms. The molecule has 14 nitrogen and oxygen atoms in total. The molecule has 0 unspecified atom stereocenters. The molecule has 6 aromatic carbocycles. The van der Waals surface area contributed by atoms with E-state index in [4.69, 9.17) is 9.47 Å². The molecule has 12 rings (SSSR count). The predicted octanol–water partition coefficient (Wildman–Crippen LogP) is 16.4. The molecule has 15 heteroatoms. The number of ketones is 6. The van der Waals surface area contributed by atoms with E-state index in [-0.39, 0.29) is 52.5 Å². The Morgan fingerprint density at radius 2 is 0.768 bits per heavy atom. The van der Waals surface area contributed by atoms with E-state index >= 15 is 0 Å². The zero-order valence-electron chi connectivity index (χ0n) is 56.1. The van der Waals surface area contributed by atoms with Gasteiger partial charge < -0.3 is 37.9 Å². The third-order valence-electron chi connectivity index (χ3n) is 19.5. The van der Waals surface area contributed by atoms with Gasteiger partial charge in [-0.2, -0.15) is 0 Å². The number of halogens is 1. The van der Waals surface area contributed by atoms with Gasteiger partial charge in [0.2, 0.25) is 0 Å². The fraction of sp³-hybridized carbons (Fsp3) is 0.400. The Morgan fingerprint density at radius 3 is 1.14 bits per heavy atom. The lowest BCUT2D eigenvalue weighted by atomic mass is 9.89. The number of Topliss-reactive ketones (excluding diaryl/α,β-unsaturated/α-hetero) is 6. The Bertz CT molecular complexity index is 4060. The highest BCUT2D eigenvalue weighted by Crippen LogP contribution is 2.32. The Balaban J connectivity index is 0.000000156. The van der Waals surface area contributed by atoms with E-state index < -0.39 is 0 Å². The minimum absolute atomic E-state index is 0.0714. The number of hydrogen-bond donors (Lipinski definition) is 0. The molecule has 0 bridgehead atoms. The number of aryl methyl sites for hydroxylation is 3. The number of rotatable bonds is 26. The molecule has 498 valence electrons. The highest BCUT2D eigenvalue weighted by Gasteiger charge is 2.29. The molecule has 3 aromatic heterocycles. The Morgan fingerprint density at radius 1 is 0.411 bits per heavy atom. The quantitative estimate of drug-likeness (QED) is 0.0478. The normalized spacial score (nSPS) is 15.3. The number of carbonyl (C=O) groups excluding carboxylic acids is 6. The van der Waals surface area contributed by atoms with Crippen molar-refractivity contribution in [3.8, 4) is 11.5 Å². The fourth-order valence-electron chi connectivity index (χ4n) is 14.0. The number of benzene rings is 6. The summed E-state index contributed by atoms with van der Waals surface area (Å²) in [6.07, 6.45) is 17.1. The first-order valence-corrected chi connectivity index (χ1v) is 35.1. The van der Waals surface area contributed by atoms with E-state index in [0.29, 0.717) is 6.42 Å². The van der Waals surface area contributed by atoms with Crippen molar-refractivity contribution in [2.24, 2.45) is 17.8 Å². The van der Waals surface area contributed by atoms with Crippen LogP contribution in [0.5, 0.6) is 11.5 Å². The van der Waals surface area contributed by atoms with Gasteiger partial charge in [0.1, 0.15) is 11.5 Å². The average Bonchev–Trinajstić information content (AvgIpc) is 1.69. The number of aromatic nitrogens is 3. The number of unbranched alkanes of at least 4 members (excludes halogenated alkanes) is 1. The standard InChI is InChI=1S/C29H36N2O3.C26H30N2O3.C25H27BrN2O2/c1-3-4-11-28(32)26-21-31(27-13-12-24(34-2)20-25(26)27)17-8-16-30-18-14-23(15-19-30)29(33)22-9-6-5-7-10-22;1-19(29)24-18-28(25-10-9-22(31-2)17-23(24)25)14-6-13-27-15-11-21(12-16-27)26(30)20-7-4-3-5-8-20;1-18(29)23-17-28(24-16-21(26)8-9-22(23)24)13-5-12-27-14-10-20(11-15-27)25(30)19-6-3-2-4-7-19/h5-7,9-10,12-13,20-21,23H,3-4,8,11,14-19H2,1-2H3;3-5,7-10,17-18,21H,6,11-16H2,1-2H3;2-4,6-9,16-17,20H,5,10-15H2,1H3. The van der Waals surface area contributed by atoms with Crippen LogP contribution in [0.15, 0.2) is 169 Å². The average molecular weight is 1350 g/mol.